The lowest BCUT2D eigenvalue weighted by Gasteiger charge is -2.30. The summed E-state index contributed by atoms with van der Waals surface area (Å²) >= 11 is 0. The lowest BCUT2D eigenvalue weighted by molar-refractivity contribution is -0.176. The molecule has 0 saturated carbocycles. The van der Waals surface area contributed by atoms with Crippen LogP contribution in [0.1, 0.15) is 44.9 Å². The molecule has 1 saturated heterocycles. The number of allylic oxidation sites excluding steroid dienone is 2. The van der Waals surface area contributed by atoms with Gasteiger partial charge in [0.1, 0.15) is 18.9 Å². The predicted molar refractivity (Wildman–Crippen MR) is 73.0 cm³/mol. The molecule has 5 nitrogen and oxygen atoms in total. The molecule has 0 radical (unpaired) electrons. The van der Waals surface area contributed by atoms with Crippen molar-refractivity contribution in [3.8, 4) is 0 Å². The van der Waals surface area contributed by atoms with Crippen LogP contribution in [0.5, 0.6) is 0 Å². The van der Waals surface area contributed by atoms with Crippen molar-refractivity contribution in [2.24, 2.45) is 5.92 Å². The first-order valence-electron chi connectivity index (χ1n) is 7.08. The van der Waals surface area contributed by atoms with Gasteiger partial charge >= 0.3 is 0 Å². The zero-order chi connectivity index (χ0) is 14.8. The summed E-state index contributed by atoms with van der Waals surface area (Å²) in [5.41, 5.74) is 0.552. The molecule has 112 valence electrons. The minimum Gasteiger partial charge on any atom is -0.368 e. The number of aliphatic hydroxyl groups is 1. The molecule has 0 bridgehead atoms. The third-order valence-electron chi connectivity index (χ3n) is 3.48. The van der Waals surface area contributed by atoms with Gasteiger partial charge in [0, 0.05) is 12.3 Å². The average Bonchev–Trinajstić information content (AvgIpc) is 2.46. The topological polar surface area (TPSA) is 80.7 Å². The third-order valence-corrected chi connectivity index (χ3v) is 3.48. The number of carbonyl (C=O) groups is 3. The summed E-state index contributed by atoms with van der Waals surface area (Å²) in [6.45, 7) is 0. The van der Waals surface area contributed by atoms with Crippen LogP contribution in [0, 0.1) is 5.92 Å². The minimum absolute atomic E-state index is 0.324. The number of aliphatic hydroxyl groups excluding tert-OH is 1. The lowest BCUT2D eigenvalue weighted by atomic mass is 9.90. The first-order valence-corrected chi connectivity index (χ1v) is 7.08. The highest BCUT2D eigenvalue weighted by Crippen LogP contribution is 2.26. The van der Waals surface area contributed by atoms with Crippen molar-refractivity contribution in [1.29, 1.82) is 0 Å². The number of hydrogen-bond donors (Lipinski definition) is 1. The predicted octanol–water partition coefficient (Wildman–Crippen LogP) is 1.57. The largest absolute Gasteiger partial charge is 0.368 e. The smallest absolute Gasteiger partial charge is 0.154 e. The lowest BCUT2D eigenvalue weighted by Crippen LogP contribution is -2.34. The molecular weight excluding hydrogens is 260 g/mol. The second-order valence-electron chi connectivity index (χ2n) is 5.06. The van der Waals surface area contributed by atoms with E-state index in [0.29, 0.717) is 37.7 Å². The fourth-order valence-corrected chi connectivity index (χ4v) is 2.35. The second-order valence-corrected chi connectivity index (χ2v) is 5.06. The molecule has 0 spiro atoms. The first-order chi connectivity index (χ1) is 9.71. The highest BCUT2D eigenvalue weighted by molar-refractivity contribution is 5.74. The maximum Gasteiger partial charge on any atom is 0.154 e. The minimum atomic E-state index is -0.813. The van der Waals surface area contributed by atoms with E-state index < -0.39 is 12.2 Å². The molecule has 1 N–H and O–H groups in total. The van der Waals surface area contributed by atoms with E-state index in [1.807, 2.05) is 0 Å². The van der Waals surface area contributed by atoms with Gasteiger partial charge < -0.3 is 19.4 Å². The second kappa shape index (κ2) is 9.55. The highest BCUT2D eigenvalue weighted by Gasteiger charge is 2.28. The van der Waals surface area contributed by atoms with E-state index in [9.17, 15) is 19.5 Å². The molecule has 5 heteroatoms. The van der Waals surface area contributed by atoms with Crippen LogP contribution in [0.15, 0.2) is 11.6 Å². The number of aldehydes is 3. The highest BCUT2D eigenvalue weighted by atomic mass is 16.6. The van der Waals surface area contributed by atoms with Gasteiger partial charge in [0.25, 0.3) is 0 Å². The Morgan fingerprint density at radius 1 is 1.25 bits per heavy atom. The fourth-order valence-electron chi connectivity index (χ4n) is 2.35. The van der Waals surface area contributed by atoms with Crippen LogP contribution < -0.4 is 0 Å². The average molecular weight is 282 g/mol. The van der Waals surface area contributed by atoms with Crippen LogP contribution in [-0.4, -0.2) is 36.4 Å². The maximum absolute atomic E-state index is 11.2. The molecule has 1 aliphatic rings. The summed E-state index contributed by atoms with van der Waals surface area (Å²) in [6, 6.07) is 0. The molecule has 1 fully saturated rings. The molecule has 0 aromatic heterocycles. The number of unbranched alkanes of at least 4 members (excludes halogenated alkanes) is 2. The molecule has 1 rings (SSSR count). The van der Waals surface area contributed by atoms with Crippen LogP contribution >= 0.6 is 0 Å². The molecule has 1 heterocycles. The van der Waals surface area contributed by atoms with Crippen molar-refractivity contribution in [3.63, 3.8) is 0 Å². The van der Waals surface area contributed by atoms with Gasteiger partial charge in [0.05, 0.1) is 6.10 Å². The molecule has 20 heavy (non-hydrogen) atoms. The van der Waals surface area contributed by atoms with Gasteiger partial charge in [-0.2, -0.15) is 0 Å². The van der Waals surface area contributed by atoms with Crippen molar-refractivity contribution in [2.75, 3.05) is 0 Å². The van der Waals surface area contributed by atoms with Crippen LogP contribution in [0.2, 0.25) is 0 Å². The Bertz CT molecular complexity index is 350. The van der Waals surface area contributed by atoms with Gasteiger partial charge in [0.2, 0.25) is 0 Å². The van der Waals surface area contributed by atoms with E-state index in [1.54, 1.807) is 6.08 Å². The summed E-state index contributed by atoms with van der Waals surface area (Å²) in [5.74, 6) is -0.410. The van der Waals surface area contributed by atoms with Crippen molar-refractivity contribution in [3.05, 3.63) is 11.6 Å². The molecule has 1 aliphatic heterocycles. The normalized spacial score (nSPS) is 24.9. The van der Waals surface area contributed by atoms with E-state index in [1.165, 1.54) is 0 Å². The summed E-state index contributed by atoms with van der Waals surface area (Å²) in [6.07, 6.45) is 7.29. The Hall–Kier alpha value is -1.33. The van der Waals surface area contributed by atoms with Gasteiger partial charge in [-0.3, -0.25) is 4.79 Å². The van der Waals surface area contributed by atoms with Gasteiger partial charge in [0.15, 0.2) is 6.29 Å². The van der Waals surface area contributed by atoms with E-state index in [2.05, 4.69) is 0 Å². The Morgan fingerprint density at radius 2 is 2.05 bits per heavy atom. The van der Waals surface area contributed by atoms with Crippen molar-refractivity contribution < 1.29 is 24.2 Å². The first kappa shape index (κ1) is 16.7. The monoisotopic (exact) mass is 282 g/mol. The Morgan fingerprint density at radius 3 is 2.65 bits per heavy atom. The Balaban J connectivity index is 2.53. The van der Waals surface area contributed by atoms with Crippen molar-refractivity contribution in [2.45, 2.75) is 57.3 Å². The van der Waals surface area contributed by atoms with Crippen LogP contribution in [0.3, 0.4) is 0 Å². The SMILES string of the molecule is O=CCCC/C=C(/C=O)CC(C=O)C1CCCC(O)O1. The summed E-state index contributed by atoms with van der Waals surface area (Å²) in [5, 5.41) is 9.46. The van der Waals surface area contributed by atoms with E-state index >= 15 is 0 Å². The summed E-state index contributed by atoms with van der Waals surface area (Å²) in [7, 11) is 0. The number of hydrogen-bond acceptors (Lipinski definition) is 5. The van der Waals surface area contributed by atoms with E-state index in [4.69, 9.17) is 4.74 Å². The third kappa shape index (κ3) is 5.75. The summed E-state index contributed by atoms with van der Waals surface area (Å²) in [4.78, 5) is 32.4. The molecule has 0 amide bonds. The van der Waals surface area contributed by atoms with Gasteiger partial charge in [-0.15, -0.1) is 0 Å². The number of carbonyl (C=O) groups excluding carboxylic acids is 3. The van der Waals surface area contributed by atoms with Crippen LogP contribution in [0.4, 0.5) is 0 Å². The molecular formula is C15H22O5. The van der Waals surface area contributed by atoms with Gasteiger partial charge in [-0.25, -0.2) is 0 Å². The molecule has 3 unspecified atom stereocenters. The van der Waals surface area contributed by atoms with Gasteiger partial charge in [-0.05, 0) is 44.1 Å². The van der Waals surface area contributed by atoms with E-state index in [0.717, 1.165) is 31.7 Å². The number of ether oxygens (including phenoxy) is 1. The van der Waals surface area contributed by atoms with Gasteiger partial charge in [-0.1, -0.05) is 6.08 Å². The zero-order valence-corrected chi connectivity index (χ0v) is 11.6. The van der Waals surface area contributed by atoms with Crippen LogP contribution in [0.25, 0.3) is 0 Å². The van der Waals surface area contributed by atoms with E-state index in [-0.39, 0.29) is 6.10 Å². The Kier molecular flexibility index (Phi) is 7.99. The maximum atomic E-state index is 11.2. The van der Waals surface area contributed by atoms with Crippen molar-refractivity contribution in [1.82, 2.24) is 0 Å². The molecule has 0 aliphatic carbocycles. The molecule has 0 aromatic carbocycles. The number of rotatable bonds is 9. The fraction of sp³-hybridized carbons (Fsp3) is 0.667. The molecule has 0 aromatic rings. The zero-order valence-electron chi connectivity index (χ0n) is 11.6. The Labute approximate surface area is 119 Å². The summed E-state index contributed by atoms with van der Waals surface area (Å²) < 4.78 is 5.36. The molecule has 3 atom stereocenters. The van der Waals surface area contributed by atoms with Crippen LogP contribution in [-0.2, 0) is 19.1 Å². The van der Waals surface area contributed by atoms with Crippen molar-refractivity contribution >= 4 is 18.9 Å². The quantitative estimate of drug-likeness (QED) is 0.394. The standard InChI is InChI=1S/C15H22O5/c16-8-3-1-2-5-12(10-17)9-13(11-18)14-6-4-7-15(19)20-14/h5,8,10-11,13-15,19H,1-4,6-7,9H2/b12-5+.